The van der Waals surface area contributed by atoms with Crippen LogP contribution in [0.1, 0.15) is 16.7 Å². The quantitative estimate of drug-likeness (QED) is 0.639. The fourth-order valence-corrected chi connectivity index (χ4v) is 1.91. The first kappa shape index (κ1) is 15.2. The Labute approximate surface area is 129 Å². The van der Waals surface area contributed by atoms with Gasteiger partial charge in [-0.2, -0.15) is 0 Å². The summed E-state index contributed by atoms with van der Waals surface area (Å²) in [6.07, 6.45) is 3.61. The van der Waals surface area contributed by atoms with Crippen molar-refractivity contribution in [1.29, 1.82) is 0 Å². The molecule has 2 aromatic rings. The molecule has 0 N–H and O–H groups in total. The van der Waals surface area contributed by atoms with E-state index in [9.17, 15) is 0 Å². The summed E-state index contributed by atoms with van der Waals surface area (Å²) in [6.45, 7) is 2.44. The van der Waals surface area contributed by atoms with Crippen LogP contribution in [0.15, 0.2) is 36.7 Å². The Hall–Kier alpha value is -2.18. The predicted molar refractivity (Wildman–Crippen MR) is 83.9 cm³/mol. The first-order chi connectivity index (χ1) is 10.2. The van der Waals surface area contributed by atoms with Crippen LogP contribution >= 0.6 is 11.6 Å². The van der Waals surface area contributed by atoms with Crippen LogP contribution in [0.3, 0.4) is 0 Å². The standard InChI is InChI=1S/C17H16ClNO2/c1-13-8-14(11-19-10-13)12-21-17-6-5-16(20-2)9-15(17)4-3-7-18/h5-6,8-11H,7,12H2,1-2H3. The SMILES string of the molecule is COc1ccc(OCc2cncc(C)c2)c(C#CCCl)c1. The van der Waals surface area contributed by atoms with Gasteiger partial charge in [-0.1, -0.05) is 11.8 Å². The molecule has 0 saturated heterocycles. The van der Waals surface area contributed by atoms with E-state index in [1.165, 1.54) is 0 Å². The van der Waals surface area contributed by atoms with E-state index >= 15 is 0 Å². The van der Waals surface area contributed by atoms with E-state index < -0.39 is 0 Å². The largest absolute Gasteiger partial charge is 0.497 e. The van der Waals surface area contributed by atoms with E-state index in [0.717, 1.165) is 22.4 Å². The summed E-state index contributed by atoms with van der Waals surface area (Å²) in [6, 6.07) is 7.57. The number of halogens is 1. The molecule has 108 valence electrons. The van der Waals surface area contributed by atoms with Gasteiger partial charge in [0.25, 0.3) is 0 Å². The molecule has 0 bridgehead atoms. The summed E-state index contributed by atoms with van der Waals surface area (Å²) in [5.41, 5.74) is 2.88. The van der Waals surface area contributed by atoms with Crippen LogP contribution in [0.25, 0.3) is 0 Å². The van der Waals surface area contributed by atoms with Crippen molar-refractivity contribution in [2.45, 2.75) is 13.5 Å². The number of ether oxygens (including phenoxy) is 2. The molecule has 0 atom stereocenters. The lowest BCUT2D eigenvalue weighted by Crippen LogP contribution is -1.99. The van der Waals surface area contributed by atoms with Gasteiger partial charge >= 0.3 is 0 Å². The first-order valence-corrected chi connectivity index (χ1v) is 7.02. The molecule has 0 radical (unpaired) electrons. The number of methoxy groups -OCH3 is 1. The molecule has 0 spiro atoms. The van der Waals surface area contributed by atoms with Gasteiger partial charge in [-0.3, -0.25) is 4.98 Å². The Balaban J connectivity index is 2.18. The molecule has 0 aliphatic rings. The third-order valence-corrected chi connectivity index (χ3v) is 2.94. The molecule has 1 heterocycles. The van der Waals surface area contributed by atoms with E-state index in [-0.39, 0.29) is 5.88 Å². The minimum absolute atomic E-state index is 0.276. The maximum atomic E-state index is 5.83. The highest BCUT2D eigenvalue weighted by Gasteiger charge is 2.05. The van der Waals surface area contributed by atoms with E-state index in [0.29, 0.717) is 12.4 Å². The number of alkyl halides is 1. The average molecular weight is 302 g/mol. The van der Waals surface area contributed by atoms with E-state index in [4.69, 9.17) is 21.1 Å². The van der Waals surface area contributed by atoms with Crippen molar-refractivity contribution in [2.24, 2.45) is 0 Å². The number of hydrogen-bond donors (Lipinski definition) is 0. The Morgan fingerprint density at radius 2 is 2.10 bits per heavy atom. The van der Waals surface area contributed by atoms with Gasteiger partial charge in [-0.15, -0.1) is 11.6 Å². The molecular weight excluding hydrogens is 286 g/mol. The Bertz CT molecular complexity index is 674. The molecule has 1 aromatic heterocycles. The van der Waals surface area contributed by atoms with Crippen molar-refractivity contribution in [3.05, 3.63) is 53.3 Å². The van der Waals surface area contributed by atoms with Crippen LogP contribution in [0, 0.1) is 18.8 Å². The lowest BCUT2D eigenvalue weighted by molar-refractivity contribution is 0.304. The van der Waals surface area contributed by atoms with Crippen molar-refractivity contribution < 1.29 is 9.47 Å². The van der Waals surface area contributed by atoms with Crippen molar-refractivity contribution in [2.75, 3.05) is 13.0 Å². The zero-order chi connectivity index (χ0) is 15.1. The normalized spacial score (nSPS) is 9.67. The molecule has 0 saturated carbocycles. The first-order valence-electron chi connectivity index (χ1n) is 6.49. The predicted octanol–water partition coefficient (Wildman–Crippen LogP) is 3.57. The average Bonchev–Trinajstić information content (AvgIpc) is 2.51. The summed E-state index contributed by atoms with van der Waals surface area (Å²) < 4.78 is 11.0. The smallest absolute Gasteiger partial charge is 0.135 e. The minimum atomic E-state index is 0.276. The van der Waals surface area contributed by atoms with Gasteiger partial charge in [0, 0.05) is 18.0 Å². The molecule has 3 nitrogen and oxygen atoms in total. The number of rotatable bonds is 4. The lowest BCUT2D eigenvalue weighted by Gasteiger charge is -2.10. The molecule has 0 unspecified atom stereocenters. The highest BCUT2D eigenvalue weighted by Crippen LogP contribution is 2.24. The van der Waals surface area contributed by atoms with Crippen molar-refractivity contribution in [3.8, 4) is 23.3 Å². The highest BCUT2D eigenvalue weighted by atomic mass is 35.5. The summed E-state index contributed by atoms with van der Waals surface area (Å²) in [7, 11) is 1.62. The summed E-state index contributed by atoms with van der Waals surface area (Å²) in [5, 5.41) is 0. The number of aryl methyl sites for hydroxylation is 1. The topological polar surface area (TPSA) is 31.4 Å². The zero-order valence-corrected chi connectivity index (χ0v) is 12.8. The molecule has 0 fully saturated rings. The van der Waals surface area contributed by atoms with Crippen LogP contribution in [-0.2, 0) is 6.61 Å². The van der Waals surface area contributed by atoms with E-state index in [1.807, 2.05) is 37.4 Å². The van der Waals surface area contributed by atoms with Crippen LogP contribution < -0.4 is 9.47 Å². The monoisotopic (exact) mass is 301 g/mol. The van der Waals surface area contributed by atoms with Gasteiger partial charge in [0.1, 0.15) is 18.1 Å². The number of benzene rings is 1. The lowest BCUT2D eigenvalue weighted by atomic mass is 10.2. The second-order valence-corrected chi connectivity index (χ2v) is 4.72. The number of pyridine rings is 1. The van der Waals surface area contributed by atoms with Gasteiger partial charge < -0.3 is 9.47 Å². The van der Waals surface area contributed by atoms with Crippen molar-refractivity contribution in [3.63, 3.8) is 0 Å². The molecule has 4 heteroatoms. The maximum Gasteiger partial charge on any atom is 0.135 e. The minimum Gasteiger partial charge on any atom is -0.497 e. The van der Waals surface area contributed by atoms with Gasteiger partial charge in [0.2, 0.25) is 0 Å². The Kier molecular flexibility index (Phi) is 5.48. The van der Waals surface area contributed by atoms with Crippen LogP contribution in [0.5, 0.6) is 11.5 Å². The third-order valence-electron chi connectivity index (χ3n) is 2.80. The van der Waals surface area contributed by atoms with Gasteiger partial charge in [0.15, 0.2) is 0 Å². The van der Waals surface area contributed by atoms with Crippen LogP contribution in [-0.4, -0.2) is 18.0 Å². The van der Waals surface area contributed by atoms with Gasteiger partial charge in [-0.05, 0) is 36.8 Å². The maximum absolute atomic E-state index is 5.83. The fourth-order valence-electron chi connectivity index (χ4n) is 1.85. The second kappa shape index (κ2) is 7.56. The highest BCUT2D eigenvalue weighted by molar-refractivity contribution is 6.19. The number of aromatic nitrogens is 1. The zero-order valence-electron chi connectivity index (χ0n) is 12.0. The Morgan fingerprint density at radius 1 is 1.24 bits per heavy atom. The molecule has 0 aliphatic heterocycles. The van der Waals surface area contributed by atoms with E-state index in [1.54, 1.807) is 13.3 Å². The summed E-state index contributed by atoms with van der Waals surface area (Å²) >= 11 is 5.61. The van der Waals surface area contributed by atoms with Gasteiger partial charge in [-0.25, -0.2) is 0 Å². The molecule has 1 aromatic carbocycles. The van der Waals surface area contributed by atoms with E-state index in [2.05, 4.69) is 16.8 Å². The fraction of sp³-hybridized carbons (Fsp3) is 0.235. The molecular formula is C17H16ClNO2. The second-order valence-electron chi connectivity index (χ2n) is 4.46. The number of hydrogen-bond acceptors (Lipinski definition) is 3. The van der Waals surface area contributed by atoms with Crippen LogP contribution in [0.4, 0.5) is 0 Å². The summed E-state index contributed by atoms with van der Waals surface area (Å²) in [5.74, 6) is 7.53. The number of nitrogens with zero attached hydrogens (tertiary/aromatic N) is 1. The third kappa shape index (κ3) is 4.40. The Morgan fingerprint density at radius 3 is 2.81 bits per heavy atom. The van der Waals surface area contributed by atoms with Crippen molar-refractivity contribution >= 4 is 11.6 Å². The van der Waals surface area contributed by atoms with Crippen LogP contribution in [0.2, 0.25) is 0 Å². The molecule has 0 amide bonds. The van der Waals surface area contributed by atoms with Gasteiger partial charge in [0.05, 0.1) is 18.6 Å². The molecule has 0 aliphatic carbocycles. The molecule has 2 rings (SSSR count). The summed E-state index contributed by atoms with van der Waals surface area (Å²) in [4.78, 5) is 4.15. The molecule has 21 heavy (non-hydrogen) atoms. The van der Waals surface area contributed by atoms with Crippen molar-refractivity contribution in [1.82, 2.24) is 4.98 Å².